The van der Waals surface area contributed by atoms with Crippen LogP contribution in [0, 0.1) is 0 Å². The summed E-state index contributed by atoms with van der Waals surface area (Å²) in [6, 6.07) is 11.4. The van der Waals surface area contributed by atoms with Gasteiger partial charge in [-0.05, 0) is 35.7 Å². The van der Waals surface area contributed by atoms with Crippen LogP contribution in [0.5, 0.6) is 0 Å². The van der Waals surface area contributed by atoms with Gasteiger partial charge in [0, 0.05) is 42.3 Å². The van der Waals surface area contributed by atoms with E-state index in [-0.39, 0.29) is 5.63 Å². The SMILES string of the molecule is CCc1ccc2c(CSc3nnc(-c4ccncc4)n3CCOC)cc(=O)oc2c1. The highest BCUT2D eigenvalue weighted by molar-refractivity contribution is 7.98. The minimum Gasteiger partial charge on any atom is -0.423 e. The lowest BCUT2D eigenvalue weighted by atomic mass is 10.1. The summed E-state index contributed by atoms with van der Waals surface area (Å²) in [4.78, 5) is 16.2. The van der Waals surface area contributed by atoms with Gasteiger partial charge in [-0.15, -0.1) is 10.2 Å². The Labute approximate surface area is 178 Å². The maximum absolute atomic E-state index is 12.1. The number of hydrogen-bond acceptors (Lipinski definition) is 7. The molecule has 4 aromatic rings. The first-order valence-electron chi connectivity index (χ1n) is 9.70. The Hall–Kier alpha value is -2.97. The fourth-order valence-electron chi connectivity index (χ4n) is 3.25. The number of aryl methyl sites for hydroxylation is 1. The third-order valence-corrected chi connectivity index (χ3v) is 5.85. The van der Waals surface area contributed by atoms with Gasteiger partial charge in [0.25, 0.3) is 0 Å². The fraction of sp³-hybridized carbons (Fsp3) is 0.273. The van der Waals surface area contributed by atoms with Gasteiger partial charge in [-0.2, -0.15) is 0 Å². The highest BCUT2D eigenvalue weighted by atomic mass is 32.2. The van der Waals surface area contributed by atoms with Gasteiger partial charge < -0.3 is 9.15 Å². The smallest absolute Gasteiger partial charge is 0.336 e. The molecule has 7 nitrogen and oxygen atoms in total. The van der Waals surface area contributed by atoms with E-state index in [9.17, 15) is 4.79 Å². The van der Waals surface area contributed by atoms with Crippen LogP contribution in [0.2, 0.25) is 0 Å². The molecular formula is C22H22N4O3S. The molecule has 0 amide bonds. The molecule has 1 aromatic carbocycles. The molecular weight excluding hydrogens is 400 g/mol. The average molecular weight is 423 g/mol. The van der Waals surface area contributed by atoms with Crippen LogP contribution < -0.4 is 5.63 Å². The normalized spacial score (nSPS) is 11.3. The summed E-state index contributed by atoms with van der Waals surface area (Å²) in [5.74, 6) is 1.34. The predicted octanol–water partition coefficient (Wildman–Crippen LogP) is 3.95. The predicted molar refractivity (Wildman–Crippen MR) is 117 cm³/mol. The molecule has 0 aliphatic carbocycles. The quantitative estimate of drug-likeness (QED) is 0.314. The molecule has 0 spiro atoms. The molecule has 0 aliphatic rings. The maximum atomic E-state index is 12.1. The number of rotatable bonds is 8. The Balaban J connectivity index is 1.65. The van der Waals surface area contributed by atoms with E-state index < -0.39 is 0 Å². The number of ether oxygens (including phenoxy) is 1. The zero-order valence-corrected chi connectivity index (χ0v) is 17.7. The first-order valence-corrected chi connectivity index (χ1v) is 10.7. The van der Waals surface area contributed by atoms with Crippen LogP contribution in [0.15, 0.2) is 63.2 Å². The number of thioether (sulfide) groups is 1. The first-order chi connectivity index (χ1) is 14.7. The number of fused-ring (bicyclic) bond motifs is 1. The molecule has 0 saturated carbocycles. The summed E-state index contributed by atoms with van der Waals surface area (Å²) in [5, 5.41) is 10.5. The van der Waals surface area contributed by atoms with Crippen molar-refractivity contribution >= 4 is 22.7 Å². The standard InChI is InChI=1S/C22H22N4O3S/c1-3-15-4-5-18-17(13-20(27)29-19(18)12-15)14-30-22-25-24-21(26(22)10-11-28-2)16-6-8-23-9-7-16/h4-9,12-13H,3,10-11,14H2,1-2H3. The number of benzene rings is 1. The Morgan fingerprint density at radius 2 is 1.97 bits per heavy atom. The molecule has 0 fully saturated rings. The van der Waals surface area contributed by atoms with Crippen molar-refractivity contribution in [3.8, 4) is 11.4 Å². The van der Waals surface area contributed by atoms with Crippen LogP contribution in [0.3, 0.4) is 0 Å². The second-order valence-corrected chi connectivity index (χ2v) is 7.69. The lowest BCUT2D eigenvalue weighted by molar-refractivity contribution is 0.185. The zero-order chi connectivity index (χ0) is 20.9. The van der Waals surface area contributed by atoms with Gasteiger partial charge in [-0.1, -0.05) is 30.8 Å². The molecule has 0 radical (unpaired) electrons. The van der Waals surface area contributed by atoms with E-state index in [2.05, 4.69) is 28.2 Å². The van der Waals surface area contributed by atoms with Crippen molar-refractivity contribution in [2.45, 2.75) is 30.8 Å². The molecule has 0 atom stereocenters. The molecule has 0 saturated heterocycles. The minimum absolute atomic E-state index is 0.343. The molecule has 8 heteroatoms. The third kappa shape index (κ3) is 4.29. The minimum atomic E-state index is -0.343. The van der Waals surface area contributed by atoms with E-state index in [1.165, 1.54) is 11.8 Å². The van der Waals surface area contributed by atoms with Gasteiger partial charge in [-0.3, -0.25) is 9.55 Å². The maximum Gasteiger partial charge on any atom is 0.336 e. The van der Waals surface area contributed by atoms with Crippen LogP contribution >= 0.6 is 11.8 Å². The summed E-state index contributed by atoms with van der Waals surface area (Å²) in [6.07, 6.45) is 4.36. The van der Waals surface area contributed by atoms with Gasteiger partial charge in [0.05, 0.1) is 13.2 Å². The van der Waals surface area contributed by atoms with Crippen molar-refractivity contribution in [1.82, 2.24) is 19.7 Å². The second-order valence-electron chi connectivity index (χ2n) is 6.75. The van der Waals surface area contributed by atoms with Crippen LogP contribution in [-0.2, 0) is 23.5 Å². The molecule has 0 unspecified atom stereocenters. The summed E-state index contributed by atoms with van der Waals surface area (Å²) >= 11 is 1.54. The molecule has 3 aromatic heterocycles. The molecule has 0 aliphatic heterocycles. The number of pyridine rings is 1. The van der Waals surface area contributed by atoms with Crippen LogP contribution in [0.25, 0.3) is 22.4 Å². The van der Waals surface area contributed by atoms with Gasteiger partial charge in [0.15, 0.2) is 11.0 Å². The molecule has 3 heterocycles. The number of methoxy groups -OCH3 is 1. The first kappa shape index (κ1) is 20.3. The van der Waals surface area contributed by atoms with Crippen molar-refractivity contribution in [3.63, 3.8) is 0 Å². The average Bonchev–Trinajstić information content (AvgIpc) is 3.18. The van der Waals surface area contributed by atoms with Crippen LogP contribution in [0.1, 0.15) is 18.1 Å². The lowest BCUT2D eigenvalue weighted by Crippen LogP contribution is -2.08. The van der Waals surface area contributed by atoms with Crippen molar-refractivity contribution in [3.05, 3.63) is 70.3 Å². The van der Waals surface area contributed by atoms with Crippen molar-refractivity contribution in [2.75, 3.05) is 13.7 Å². The summed E-state index contributed by atoms with van der Waals surface area (Å²) < 4.78 is 12.7. The highest BCUT2D eigenvalue weighted by Crippen LogP contribution is 2.29. The molecule has 0 bridgehead atoms. The van der Waals surface area contributed by atoms with E-state index in [1.54, 1.807) is 25.6 Å². The topological polar surface area (TPSA) is 83.0 Å². The van der Waals surface area contributed by atoms with E-state index in [1.807, 2.05) is 28.8 Å². The van der Waals surface area contributed by atoms with E-state index in [0.717, 1.165) is 39.5 Å². The Morgan fingerprint density at radius 1 is 1.13 bits per heavy atom. The van der Waals surface area contributed by atoms with Gasteiger partial charge in [0.2, 0.25) is 0 Å². The Morgan fingerprint density at radius 3 is 2.73 bits per heavy atom. The molecule has 154 valence electrons. The fourth-order valence-corrected chi connectivity index (χ4v) is 4.21. The van der Waals surface area contributed by atoms with Crippen molar-refractivity contribution in [2.24, 2.45) is 0 Å². The highest BCUT2D eigenvalue weighted by Gasteiger charge is 2.15. The largest absolute Gasteiger partial charge is 0.423 e. The molecule has 4 rings (SSSR count). The third-order valence-electron chi connectivity index (χ3n) is 4.83. The molecule has 0 N–H and O–H groups in total. The molecule has 30 heavy (non-hydrogen) atoms. The second kappa shape index (κ2) is 9.23. The number of aromatic nitrogens is 4. The summed E-state index contributed by atoms with van der Waals surface area (Å²) in [7, 11) is 1.67. The van der Waals surface area contributed by atoms with E-state index >= 15 is 0 Å². The van der Waals surface area contributed by atoms with Crippen LogP contribution in [0.4, 0.5) is 0 Å². The Bertz CT molecular complexity index is 1200. The summed E-state index contributed by atoms with van der Waals surface area (Å²) in [5.41, 5.74) is 3.27. The van der Waals surface area contributed by atoms with E-state index in [4.69, 9.17) is 9.15 Å². The van der Waals surface area contributed by atoms with E-state index in [0.29, 0.717) is 24.5 Å². The van der Waals surface area contributed by atoms with Crippen molar-refractivity contribution in [1.29, 1.82) is 0 Å². The number of hydrogen-bond donors (Lipinski definition) is 0. The number of nitrogens with zero attached hydrogens (tertiary/aromatic N) is 4. The van der Waals surface area contributed by atoms with Gasteiger partial charge >= 0.3 is 5.63 Å². The zero-order valence-electron chi connectivity index (χ0n) is 16.9. The van der Waals surface area contributed by atoms with Gasteiger partial charge in [-0.25, -0.2) is 4.79 Å². The van der Waals surface area contributed by atoms with Crippen molar-refractivity contribution < 1.29 is 9.15 Å². The lowest BCUT2D eigenvalue weighted by Gasteiger charge is -2.10. The monoisotopic (exact) mass is 422 g/mol. The van der Waals surface area contributed by atoms with Crippen LogP contribution in [-0.4, -0.2) is 33.5 Å². The summed E-state index contributed by atoms with van der Waals surface area (Å²) in [6.45, 7) is 3.24. The van der Waals surface area contributed by atoms with Gasteiger partial charge in [0.1, 0.15) is 5.58 Å². The Kier molecular flexibility index (Phi) is 6.25.